The van der Waals surface area contributed by atoms with Gasteiger partial charge >= 0.3 is 0 Å². The first-order valence-corrected chi connectivity index (χ1v) is 6.14. The number of nitrogens with two attached hydrogens (primary N) is 1. The van der Waals surface area contributed by atoms with Crippen LogP contribution in [0.5, 0.6) is 5.88 Å². The maximum atomic E-state index is 5.62. The molecule has 0 aliphatic carbocycles. The number of hydrogen-bond acceptors (Lipinski definition) is 5. The molecule has 0 atom stereocenters. The molecule has 0 saturated carbocycles. The Morgan fingerprint density at radius 2 is 2.06 bits per heavy atom. The van der Waals surface area contributed by atoms with Gasteiger partial charge in [0.2, 0.25) is 5.88 Å². The van der Waals surface area contributed by atoms with E-state index in [0.29, 0.717) is 19.0 Å². The van der Waals surface area contributed by atoms with Crippen LogP contribution < -0.4 is 15.4 Å². The largest absolute Gasteiger partial charge is 0.478 e. The van der Waals surface area contributed by atoms with Crippen LogP contribution in [0.1, 0.15) is 26.1 Å². The summed E-state index contributed by atoms with van der Waals surface area (Å²) in [5.74, 6) is 2.26. The third-order valence-corrected chi connectivity index (χ3v) is 2.31. The number of rotatable bonds is 7. The Hall–Kier alpha value is -1.36. The van der Waals surface area contributed by atoms with Gasteiger partial charge in [-0.25, -0.2) is 4.98 Å². The fraction of sp³-hybridized carbons (Fsp3) is 0.667. The van der Waals surface area contributed by atoms with Crippen LogP contribution in [-0.4, -0.2) is 36.2 Å². The Balaban J connectivity index is 2.92. The Bertz CT molecular complexity index is 337. The molecule has 0 bridgehead atoms. The minimum absolute atomic E-state index is 0.612. The summed E-state index contributed by atoms with van der Waals surface area (Å²) in [4.78, 5) is 10.8. The molecule has 5 heteroatoms. The highest BCUT2D eigenvalue weighted by Crippen LogP contribution is 2.17. The van der Waals surface area contributed by atoms with Crippen LogP contribution in [0.15, 0.2) is 6.07 Å². The molecule has 5 nitrogen and oxygen atoms in total. The summed E-state index contributed by atoms with van der Waals surface area (Å²) in [6.07, 6.45) is 1.06. The molecule has 1 aromatic heterocycles. The number of ether oxygens (including phenoxy) is 1. The number of aryl methyl sites for hydroxylation is 1. The zero-order valence-corrected chi connectivity index (χ0v) is 10.9. The molecule has 0 spiro atoms. The third-order valence-electron chi connectivity index (χ3n) is 2.31. The number of anilines is 1. The Morgan fingerprint density at radius 3 is 2.65 bits per heavy atom. The first-order chi connectivity index (χ1) is 8.21. The van der Waals surface area contributed by atoms with Gasteiger partial charge in [0.05, 0.1) is 6.61 Å². The van der Waals surface area contributed by atoms with Crippen molar-refractivity contribution in [3.63, 3.8) is 0 Å². The van der Waals surface area contributed by atoms with Crippen molar-refractivity contribution in [1.82, 2.24) is 9.97 Å². The van der Waals surface area contributed by atoms with Gasteiger partial charge in [0.1, 0.15) is 11.6 Å². The molecule has 0 aromatic carbocycles. The van der Waals surface area contributed by atoms with Gasteiger partial charge in [-0.3, -0.25) is 0 Å². The first kappa shape index (κ1) is 13.7. The van der Waals surface area contributed by atoms with Crippen molar-refractivity contribution in [3.05, 3.63) is 11.9 Å². The van der Waals surface area contributed by atoms with E-state index in [2.05, 4.69) is 21.8 Å². The lowest BCUT2D eigenvalue weighted by Crippen LogP contribution is -2.31. The van der Waals surface area contributed by atoms with Crippen molar-refractivity contribution in [2.45, 2.75) is 27.2 Å². The normalized spacial score (nSPS) is 10.4. The summed E-state index contributed by atoms with van der Waals surface area (Å²) in [6, 6.07) is 1.88. The van der Waals surface area contributed by atoms with Crippen molar-refractivity contribution < 1.29 is 4.74 Å². The molecular weight excluding hydrogens is 216 g/mol. The van der Waals surface area contributed by atoms with Gasteiger partial charge in [-0.2, -0.15) is 4.98 Å². The van der Waals surface area contributed by atoms with E-state index in [1.165, 1.54) is 0 Å². The van der Waals surface area contributed by atoms with E-state index >= 15 is 0 Å². The number of aromatic nitrogens is 2. The molecule has 1 rings (SSSR count). The fourth-order valence-electron chi connectivity index (χ4n) is 1.68. The molecule has 0 unspecified atom stereocenters. The highest BCUT2D eigenvalue weighted by molar-refractivity contribution is 5.41. The van der Waals surface area contributed by atoms with Crippen LogP contribution in [0.25, 0.3) is 0 Å². The second kappa shape index (κ2) is 7.06. The minimum atomic E-state index is 0.612. The summed E-state index contributed by atoms with van der Waals surface area (Å²) in [5.41, 5.74) is 5.62. The van der Waals surface area contributed by atoms with Crippen molar-refractivity contribution in [1.29, 1.82) is 0 Å². The van der Waals surface area contributed by atoms with E-state index in [-0.39, 0.29) is 0 Å². The molecule has 0 aliphatic rings. The predicted octanol–water partition coefficient (Wildman–Crippen LogP) is 1.36. The van der Waals surface area contributed by atoms with Crippen molar-refractivity contribution in [3.8, 4) is 5.88 Å². The zero-order chi connectivity index (χ0) is 12.7. The molecule has 0 aliphatic heterocycles. The van der Waals surface area contributed by atoms with Crippen LogP contribution >= 0.6 is 0 Å². The molecule has 2 N–H and O–H groups in total. The van der Waals surface area contributed by atoms with Crippen molar-refractivity contribution in [2.75, 3.05) is 31.1 Å². The molecule has 17 heavy (non-hydrogen) atoms. The highest BCUT2D eigenvalue weighted by Gasteiger charge is 2.09. The van der Waals surface area contributed by atoms with Crippen molar-refractivity contribution in [2.24, 2.45) is 5.73 Å². The lowest BCUT2D eigenvalue weighted by molar-refractivity contribution is 0.325. The quantitative estimate of drug-likeness (QED) is 0.777. The van der Waals surface area contributed by atoms with E-state index in [0.717, 1.165) is 31.2 Å². The van der Waals surface area contributed by atoms with Gasteiger partial charge in [0, 0.05) is 25.7 Å². The maximum Gasteiger partial charge on any atom is 0.218 e. The average Bonchev–Trinajstić information content (AvgIpc) is 2.28. The standard InChI is InChI=1S/C12H22N4O/c1-4-7-16(8-6-13)11-9-12(17-5-2)15-10(3)14-11/h9H,4-8,13H2,1-3H3. The molecule has 1 aromatic rings. The van der Waals surface area contributed by atoms with Gasteiger partial charge in [0.15, 0.2) is 0 Å². The second-order valence-corrected chi connectivity index (χ2v) is 3.82. The van der Waals surface area contributed by atoms with E-state index in [1.807, 2.05) is 19.9 Å². The molecule has 0 saturated heterocycles. The summed E-state index contributed by atoms with van der Waals surface area (Å²) in [6.45, 7) is 8.93. The second-order valence-electron chi connectivity index (χ2n) is 3.82. The maximum absolute atomic E-state index is 5.62. The van der Waals surface area contributed by atoms with Crippen LogP contribution in [0.3, 0.4) is 0 Å². The summed E-state index contributed by atoms with van der Waals surface area (Å²) in [5, 5.41) is 0. The van der Waals surface area contributed by atoms with E-state index in [9.17, 15) is 0 Å². The van der Waals surface area contributed by atoms with Crippen LogP contribution in [-0.2, 0) is 0 Å². The van der Waals surface area contributed by atoms with Gasteiger partial charge < -0.3 is 15.4 Å². The minimum Gasteiger partial charge on any atom is -0.478 e. The van der Waals surface area contributed by atoms with Crippen molar-refractivity contribution >= 4 is 5.82 Å². The Morgan fingerprint density at radius 1 is 1.29 bits per heavy atom. The van der Waals surface area contributed by atoms with Gasteiger partial charge in [0.25, 0.3) is 0 Å². The Labute approximate surface area is 103 Å². The third kappa shape index (κ3) is 4.19. The molecule has 0 amide bonds. The molecule has 96 valence electrons. The zero-order valence-electron chi connectivity index (χ0n) is 10.9. The van der Waals surface area contributed by atoms with E-state index < -0.39 is 0 Å². The predicted molar refractivity (Wildman–Crippen MR) is 69.5 cm³/mol. The lowest BCUT2D eigenvalue weighted by atomic mass is 10.3. The monoisotopic (exact) mass is 238 g/mol. The van der Waals surface area contributed by atoms with Crippen LogP contribution in [0, 0.1) is 6.92 Å². The molecule has 0 radical (unpaired) electrons. The summed E-state index contributed by atoms with van der Waals surface area (Å²) < 4.78 is 5.42. The molecule has 1 heterocycles. The Kier molecular flexibility index (Phi) is 5.69. The number of nitrogens with zero attached hydrogens (tertiary/aromatic N) is 3. The van der Waals surface area contributed by atoms with E-state index in [1.54, 1.807) is 0 Å². The summed E-state index contributed by atoms with van der Waals surface area (Å²) >= 11 is 0. The number of hydrogen-bond donors (Lipinski definition) is 1. The lowest BCUT2D eigenvalue weighted by Gasteiger charge is -2.22. The van der Waals surface area contributed by atoms with Gasteiger partial charge in [-0.1, -0.05) is 6.92 Å². The molecular formula is C12H22N4O. The smallest absolute Gasteiger partial charge is 0.218 e. The van der Waals surface area contributed by atoms with Crippen LogP contribution in [0.2, 0.25) is 0 Å². The first-order valence-electron chi connectivity index (χ1n) is 6.14. The SMILES string of the molecule is CCCN(CCN)c1cc(OCC)nc(C)n1. The van der Waals surface area contributed by atoms with Gasteiger partial charge in [-0.15, -0.1) is 0 Å². The van der Waals surface area contributed by atoms with Gasteiger partial charge in [-0.05, 0) is 20.3 Å². The summed E-state index contributed by atoms with van der Waals surface area (Å²) in [7, 11) is 0. The topological polar surface area (TPSA) is 64.3 Å². The highest BCUT2D eigenvalue weighted by atomic mass is 16.5. The van der Waals surface area contributed by atoms with E-state index in [4.69, 9.17) is 10.5 Å². The average molecular weight is 238 g/mol. The van der Waals surface area contributed by atoms with Crippen LogP contribution in [0.4, 0.5) is 5.82 Å². The molecule has 0 fully saturated rings. The fourth-order valence-corrected chi connectivity index (χ4v) is 1.68.